The molecule has 1 atom stereocenters. The number of carbonyl (C=O) groups excluding carboxylic acids is 1. The first-order chi connectivity index (χ1) is 15.1. The smallest absolute Gasteiger partial charge is 0.312 e. The summed E-state index contributed by atoms with van der Waals surface area (Å²) in [6, 6.07) is 8.82. The van der Waals surface area contributed by atoms with Crippen molar-refractivity contribution in [1.29, 1.82) is 0 Å². The lowest BCUT2D eigenvalue weighted by molar-refractivity contribution is -0.138. The minimum Gasteiger partial charge on any atom is -0.481 e. The number of carboxylic acid groups (broad SMARTS) is 1. The van der Waals surface area contributed by atoms with Crippen molar-refractivity contribution < 1.29 is 19.4 Å². The molecule has 1 unspecified atom stereocenters. The van der Waals surface area contributed by atoms with Crippen LogP contribution in [0, 0.1) is 0 Å². The molecule has 3 heterocycles. The number of carboxylic acids is 1. The summed E-state index contributed by atoms with van der Waals surface area (Å²) >= 11 is 0. The quantitative estimate of drug-likeness (QED) is 0.411. The first-order valence-corrected chi connectivity index (χ1v) is 9.79. The summed E-state index contributed by atoms with van der Waals surface area (Å²) in [6.07, 6.45) is 6.52. The fraction of sp³-hybridized carbons (Fsp3) is 0.238. The molecule has 10 heteroatoms. The number of benzene rings is 1. The molecule has 1 aliphatic heterocycles. The van der Waals surface area contributed by atoms with Crippen LogP contribution in [0.3, 0.4) is 0 Å². The predicted octanol–water partition coefficient (Wildman–Crippen LogP) is 1.92. The first kappa shape index (κ1) is 20.2. The van der Waals surface area contributed by atoms with E-state index in [0.717, 1.165) is 0 Å². The number of fused-ring (bicyclic) bond motifs is 1. The van der Waals surface area contributed by atoms with E-state index in [0.29, 0.717) is 41.7 Å². The Bertz CT molecular complexity index is 1040. The average molecular weight is 422 g/mol. The van der Waals surface area contributed by atoms with E-state index in [-0.39, 0.29) is 19.1 Å². The number of nitrogens with zero attached hydrogens (tertiary/aromatic N) is 3. The Labute approximate surface area is 178 Å². The number of amides is 1. The summed E-state index contributed by atoms with van der Waals surface area (Å²) in [5.74, 6) is -0.596. The molecular formula is C21H22N6O4. The Kier molecular flexibility index (Phi) is 5.97. The lowest BCUT2D eigenvalue weighted by atomic mass is 10.0. The first-order valence-electron chi connectivity index (χ1n) is 9.79. The third kappa shape index (κ3) is 4.74. The number of carbonyl (C=O) groups is 2. The van der Waals surface area contributed by atoms with Gasteiger partial charge >= 0.3 is 5.97 Å². The van der Waals surface area contributed by atoms with E-state index in [1.807, 2.05) is 0 Å². The van der Waals surface area contributed by atoms with Crippen LogP contribution in [-0.4, -0.2) is 58.2 Å². The molecule has 4 N–H and O–H groups in total. The Morgan fingerprint density at radius 2 is 2.19 bits per heavy atom. The number of aromatic amines is 1. The van der Waals surface area contributed by atoms with Gasteiger partial charge in [-0.3, -0.25) is 14.6 Å². The van der Waals surface area contributed by atoms with Crippen LogP contribution in [0.5, 0.6) is 5.75 Å². The molecule has 1 aromatic carbocycles. The molecule has 2 aromatic heterocycles. The number of H-pyrrole nitrogens is 1. The Balaban J connectivity index is 1.42. The van der Waals surface area contributed by atoms with Crippen molar-refractivity contribution in [1.82, 2.24) is 15.0 Å². The predicted molar refractivity (Wildman–Crippen MR) is 114 cm³/mol. The summed E-state index contributed by atoms with van der Waals surface area (Å²) in [5.41, 5.74) is 2.00. The van der Waals surface area contributed by atoms with E-state index in [1.54, 1.807) is 60.0 Å². The van der Waals surface area contributed by atoms with Gasteiger partial charge in [-0.05, 0) is 23.8 Å². The van der Waals surface area contributed by atoms with E-state index < -0.39 is 11.9 Å². The van der Waals surface area contributed by atoms with Crippen molar-refractivity contribution in [3.8, 4) is 5.75 Å². The molecule has 4 rings (SSSR count). The van der Waals surface area contributed by atoms with Gasteiger partial charge in [-0.2, -0.15) is 0 Å². The van der Waals surface area contributed by atoms with E-state index in [2.05, 4.69) is 25.6 Å². The molecule has 160 valence electrons. The second kappa shape index (κ2) is 9.16. The van der Waals surface area contributed by atoms with Gasteiger partial charge in [0.05, 0.1) is 5.69 Å². The van der Waals surface area contributed by atoms with Crippen molar-refractivity contribution in [2.75, 3.05) is 41.8 Å². The topological polar surface area (TPSA) is 132 Å². The van der Waals surface area contributed by atoms with Crippen molar-refractivity contribution in [2.45, 2.75) is 5.92 Å². The lowest BCUT2D eigenvalue weighted by Gasteiger charge is -2.30. The average Bonchev–Trinajstić information content (AvgIpc) is 3.29. The van der Waals surface area contributed by atoms with E-state index in [1.165, 1.54) is 0 Å². The molecule has 0 saturated heterocycles. The normalized spacial score (nSPS) is 13.8. The van der Waals surface area contributed by atoms with Gasteiger partial charge in [0.25, 0.3) is 5.91 Å². The molecule has 3 aromatic rings. The van der Waals surface area contributed by atoms with Gasteiger partial charge in [0.1, 0.15) is 11.7 Å². The van der Waals surface area contributed by atoms with Crippen molar-refractivity contribution in [3.63, 3.8) is 0 Å². The fourth-order valence-electron chi connectivity index (χ4n) is 3.36. The number of rotatable bonds is 9. The fourth-order valence-corrected chi connectivity index (χ4v) is 3.36. The van der Waals surface area contributed by atoms with Crippen LogP contribution in [0.4, 0.5) is 17.3 Å². The van der Waals surface area contributed by atoms with Gasteiger partial charge in [0.2, 0.25) is 0 Å². The van der Waals surface area contributed by atoms with Crippen LogP contribution in [0.25, 0.3) is 0 Å². The highest BCUT2D eigenvalue weighted by Gasteiger charge is 2.26. The zero-order chi connectivity index (χ0) is 21.6. The van der Waals surface area contributed by atoms with E-state index in [4.69, 9.17) is 4.74 Å². The maximum absolute atomic E-state index is 12.3. The van der Waals surface area contributed by atoms with E-state index >= 15 is 0 Å². The molecule has 31 heavy (non-hydrogen) atoms. The third-order valence-corrected chi connectivity index (χ3v) is 4.92. The standard InChI is InChI=1S/C21H22N6O4/c28-19-13-31-18-10-15(26-12-16(20(29)30)14-2-1-5-22-11-14)3-4-17(18)27(19)9-8-25-21-23-6-7-24-21/h1-7,10-11,16,26H,8-9,12-13H2,(H,29,30)(H2,23,24,25). The molecule has 10 nitrogen and oxygen atoms in total. The van der Waals surface area contributed by atoms with Crippen LogP contribution in [-0.2, 0) is 9.59 Å². The molecule has 0 spiro atoms. The van der Waals surface area contributed by atoms with Gasteiger partial charge in [-0.25, -0.2) is 4.98 Å². The second-order valence-electron chi connectivity index (χ2n) is 6.94. The zero-order valence-corrected chi connectivity index (χ0v) is 16.6. The van der Waals surface area contributed by atoms with E-state index in [9.17, 15) is 14.7 Å². The molecule has 1 amide bonds. The summed E-state index contributed by atoms with van der Waals surface area (Å²) < 4.78 is 5.60. The van der Waals surface area contributed by atoms with Crippen molar-refractivity contribution >= 4 is 29.2 Å². The second-order valence-corrected chi connectivity index (χ2v) is 6.94. The largest absolute Gasteiger partial charge is 0.481 e. The number of aliphatic carboxylic acids is 1. The Morgan fingerprint density at radius 1 is 1.29 bits per heavy atom. The molecule has 0 bridgehead atoms. The highest BCUT2D eigenvalue weighted by Crippen LogP contribution is 2.34. The number of aromatic nitrogens is 3. The molecule has 0 radical (unpaired) electrons. The van der Waals surface area contributed by atoms with Gasteiger partial charge in [0, 0.05) is 56.2 Å². The SMILES string of the molecule is O=C(O)C(CNc1ccc2c(c1)OCC(=O)N2CCNc1ncc[nH]1)c1cccnc1. The summed E-state index contributed by atoms with van der Waals surface area (Å²) in [4.78, 5) is 36.7. The van der Waals surface area contributed by atoms with Crippen LogP contribution in [0.2, 0.25) is 0 Å². The number of ether oxygens (including phenoxy) is 1. The van der Waals surface area contributed by atoms with Crippen molar-refractivity contribution in [3.05, 3.63) is 60.7 Å². The lowest BCUT2D eigenvalue weighted by Crippen LogP contribution is -2.41. The number of imidazole rings is 1. The number of nitrogens with one attached hydrogen (secondary N) is 3. The summed E-state index contributed by atoms with van der Waals surface area (Å²) in [6.45, 7) is 1.11. The van der Waals surface area contributed by atoms with Gasteiger partial charge in [-0.15, -0.1) is 0 Å². The van der Waals surface area contributed by atoms with Gasteiger partial charge in [-0.1, -0.05) is 6.07 Å². The maximum Gasteiger partial charge on any atom is 0.312 e. The minimum atomic E-state index is -0.935. The van der Waals surface area contributed by atoms with Gasteiger partial charge in [0.15, 0.2) is 12.6 Å². The third-order valence-electron chi connectivity index (χ3n) is 4.92. The highest BCUT2D eigenvalue weighted by molar-refractivity contribution is 5.98. The van der Waals surface area contributed by atoms with Crippen LogP contribution >= 0.6 is 0 Å². The molecule has 1 aliphatic rings. The Morgan fingerprint density at radius 3 is 2.94 bits per heavy atom. The monoisotopic (exact) mass is 422 g/mol. The van der Waals surface area contributed by atoms with Crippen LogP contribution < -0.4 is 20.3 Å². The summed E-state index contributed by atoms with van der Waals surface area (Å²) in [5, 5.41) is 15.8. The molecule has 0 saturated carbocycles. The molecular weight excluding hydrogens is 400 g/mol. The number of pyridine rings is 1. The molecule has 0 fully saturated rings. The van der Waals surface area contributed by atoms with Crippen molar-refractivity contribution in [2.24, 2.45) is 0 Å². The van der Waals surface area contributed by atoms with Crippen LogP contribution in [0.1, 0.15) is 11.5 Å². The number of hydrogen-bond acceptors (Lipinski definition) is 7. The highest BCUT2D eigenvalue weighted by atomic mass is 16.5. The maximum atomic E-state index is 12.3. The Hall–Kier alpha value is -4.08. The number of anilines is 3. The van der Waals surface area contributed by atoms with Crippen LogP contribution in [0.15, 0.2) is 55.1 Å². The molecule has 0 aliphatic carbocycles. The number of hydrogen-bond donors (Lipinski definition) is 4. The zero-order valence-electron chi connectivity index (χ0n) is 16.6. The van der Waals surface area contributed by atoms with Gasteiger partial charge < -0.3 is 30.4 Å². The summed E-state index contributed by atoms with van der Waals surface area (Å²) in [7, 11) is 0. The minimum absolute atomic E-state index is 0.0510.